The number of carbonyl (C=O) groups is 1. The highest BCUT2D eigenvalue weighted by Gasteiger charge is 2.33. The van der Waals surface area contributed by atoms with Crippen LogP contribution in [0.5, 0.6) is 0 Å². The second-order valence-electron chi connectivity index (χ2n) is 5.64. The molecule has 0 aromatic heterocycles. The number of ether oxygens (including phenoxy) is 1. The van der Waals surface area contributed by atoms with Crippen molar-refractivity contribution in [2.45, 2.75) is 31.3 Å². The van der Waals surface area contributed by atoms with Gasteiger partial charge in [-0.25, -0.2) is 0 Å². The van der Waals surface area contributed by atoms with E-state index in [-0.39, 0.29) is 17.4 Å². The minimum Gasteiger partial charge on any atom is -0.384 e. The molecule has 2 atom stereocenters. The van der Waals surface area contributed by atoms with Crippen LogP contribution in [0.15, 0.2) is 24.3 Å². The predicted octanol–water partition coefficient (Wildman–Crippen LogP) is 1.88. The zero-order chi connectivity index (χ0) is 13.3. The zero-order valence-electron chi connectivity index (χ0n) is 11.2. The van der Waals surface area contributed by atoms with Gasteiger partial charge >= 0.3 is 0 Å². The van der Waals surface area contributed by atoms with Crippen LogP contribution in [0, 0.1) is 0 Å². The fourth-order valence-electron chi connectivity index (χ4n) is 2.89. The van der Waals surface area contributed by atoms with Gasteiger partial charge in [-0.3, -0.25) is 4.79 Å². The maximum absolute atomic E-state index is 12.3. The van der Waals surface area contributed by atoms with Crippen LogP contribution >= 0.6 is 0 Å². The zero-order valence-corrected chi connectivity index (χ0v) is 11.2. The van der Waals surface area contributed by atoms with Crippen LogP contribution in [-0.4, -0.2) is 31.2 Å². The molecule has 0 saturated carbocycles. The molecule has 4 heteroatoms. The van der Waals surface area contributed by atoms with Gasteiger partial charge in [0, 0.05) is 25.4 Å². The van der Waals surface area contributed by atoms with E-state index in [2.05, 4.69) is 17.6 Å². The third-order valence-corrected chi connectivity index (χ3v) is 4.09. The van der Waals surface area contributed by atoms with Crippen molar-refractivity contribution >= 4 is 11.6 Å². The summed E-state index contributed by atoms with van der Waals surface area (Å²) in [7, 11) is 0. The SMILES string of the molecule is CC1(CNC(=O)C2CNc3ccccc32)CCCO1. The number of para-hydroxylation sites is 1. The second-order valence-corrected chi connectivity index (χ2v) is 5.64. The lowest BCUT2D eigenvalue weighted by Crippen LogP contribution is -2.42. The van der Waals surface area contributed by atoms with Gasteiger partial charge < -0.3 is 15.4 Å². The molecule has 2 aliphatic rings. The van der Waals surface area contributed by atoms with E-state index in [0.717, 1.165) is 30.7 Å². The number of anilines is 1. The first-order chi connectivity index (χ1) is 9.18. The third kappa shape index (κ3) is 2.45. The van der Waals surface area contributed by atoms with Crippen LogP contribution in [0.2, 0.25) is 0 Å². The molecule has 2 aliphatic heterocycles. The van der Waals surface area contributed by atoms with Crippen molar-refractivity contribution in [3.05, 3.63) is 29.8 Å². The number of nitrogens with one attached hydrogen (secondary N) is 2. The van der Waals surface area contributed by atoms with Gasteiger partial charge in [-0.2, -0.15) is 0 Å². The maximum atomic E-state index is 12.3. The lowest BCUT2D eigenvalue weighted by Gasteiger charge is -2.24. The Morgan fingerprint density at radius 3 is 3.16 bits per heavy atom. The van der Waals surface area contributed by atoms with Crippen LogP contribution in [-0.2, 0) is 9.53 Å². The molecule has 3 rings (SSSR count). The average Bonchev–Trinajstić information content (AvgIpc) is 3.03. The van der Waals surface area contributed by atoms with E-state index in [9.17, 15) is 4.79 Å². The van der Waals surface area contributed by atoms with Crippen molar-refractivity contribution in [3.8, 4) is 0 Å². The lowest BCUT2D eigenvalue weighted by molar-refractivity contribution is -0.123. The number of rotatable bonds is 3. The number of fused-ring (bicyclic) bond motifs is 1. The minimum absolute atomic E-state index is 0.0822. The molecule has 2 unspecified atom stereocenters. The second kappa shape index (κ2) is 4.85. The molecule has 1 fully saturated rings. The number of benzene rings is 1. The highest BCUT2D eigenvalue weighted by atomic mass is 16.5. The molecule has 0 spiro atoms. The van der Waals surface area contributed by atoms with Gasteiger partial charge in [0.2, 0.25) is 5.91 Å². The molecule has 1 aromatic carbocycles. The molecule has 4 nitrogen and oxygen atoms in total. The molecule has 1 saturated heterocycles. The van der Waals surface area contributed by atoms with E-state index in [0.29, 0.717) is 13.1 Å². The number of amides is 1. The first-order valence-corrected chi connectivity index (χ1v) is 6.92. The highest BCUT2D eigenvalue weighted by Crippen LogP contribution is 2.31. The van der Waals surface area contributed by atoms with Crippen molar-refractivity contribution in [3.63, 3.8) is 0 Å². The molecular formula is C15H20N2O2. The lowest BCUT2D eigenvalue weighted by atomic mass is 9.99. The Labute approximate surface area is 113 Å². The Morgan fingerprint density at radius 2 is 2.37 bits per heavy atom. The van der Waals surface area contributed by atoms with E-state index in [1.807, 2.05) is 24.3 Å². The van der Waals surface area contributed by atoms with Crippen molar-refractivity contribution in [1.29, 1.82) is 0 Å². The van der Waals surface area contributed by atoms with Gasteiger partial charge in [0.1, 0.15) is 0 Å². The highest BCUT2D eigenvalue weighted by molar-refractivity contribution is 5.88. The van der Waals surface area contributed by atoms with Crippen molar-refractivity contribution in [2.24, 2.45) is 0 Å². The number of hydrogen-bond acceptors (Lipinski definition) is 3. The summed E-state index contributed by atoms with van der Waals surface area (Å²) >= 11 is 0. The Morgan fingerprint density at radius 1 is 1.53 bits per heavy atom. The molecule has 0 aliphatic carbocycles. The Hall–Kier alpha value is -1.55. The molecule has 102 valence electrons. The summed E-state index contributed by atoms with van der Waals surface area (Å²) in [5.41, 5.74) is 1.99. The Bertz CT molecular complexity index is 481. The largest absolute Gasteiger partial charge is 0.384 e. The normalized spacial score (nSPS) is 28.8. The standard InChI is InChI=1S/C15H20N2O2/c1-15(7-4-8-19-15)10-17-14(18)12-9-16-13-6-3-2-5-11(12)13/h2-3,5-6,12,16H,4,7-10H2,1H3,(H,17,18). The van der Waals surface area contributed by atoms with E-state index < -0.39 is 0 Å². The van der Waals surface area contributed by atoms with Crippen molar-refractivity contribution < 1.29 is 9.53 Å². The van der Waals surface area contributed by atoms with Gasteiger partial charge in [-0.15, -0.1) is 0 Å². The molecule has 1 amide bonds. The van der Waals surface area contributed by atoms with E-state index in [1.54, 1.807) is 0 Å². The average molecular weight is 260 g/mol. The summed E-state index contributed by atoms with van der Waals surface area (Å²) in [4.78, 5) is 12.3. The van der Waals surface area contributed by atoms with E-state index in [4.69, 9.17) is 4.74 Å². The molecule has 2 heterocycles. The fraction of sp³-hybridized carbons (Fsp3) is 0.533. The van der Waals surface area contributed by atoms with Gasteiger partial charge in [-0.05, 0) is 31.4 Å². The van der Waals surface area contributed by atoms with E-state index in [1.165, 1.54) is 0 Å². The van der Waals surface area contributed by atoms with Crippen LogP contribution in [0.4, 0.5) is 5.69 Å². The quantitative estimate of drug-likeness (QED) is 0.872. The summed E-state index contributed by atoms with van der Waals surface area (Å²) in [5.74, 6) is 0.00961. The third-order valence-electron chi connectivity index (χ3n) is 4.09. The molecule has 0 bridgehead atoms. The summed E-state index contributed by atoms with van der Waals surface area (Å²) in [5, 5.41) is 6.32. The predicted molar refractivity (Wildman–Crippen MR) is 74.3 cm³/mol. The monoisotopic (exact) mass is 260 g/mol. The molecule has 0 radical (unpaired) electrons. The van der Waals surface area contributed by atoms with Crippen LogP contribution in [0.1, 0.15) is 31.2 Å². The van der Waals surface area contributed by atoms with Crippen LogP contribution in [0.25, 0.3) is 0 Å². The van der Waals surface area contributed by atoms with Gasteiger partial charge in [0.15, 0.2) is 0 Å². The van der Waals surface area contributed by atoms with Crippen LogP contribution < -0.4 is 10.6 Å². The van der Waals surface area contributed by atoms with Gasteiger partial charge in [0.25, 0.3) is 0 Å². The first kappa shape index (κ1) is 12.5. The number of carbonyl (C=O) groups excluding carboxylic acids is 1. The summed E-state index contributed by atoms with van der Waals surface area (Å²) < 4.78 is 5.69. The minimum atomic E-state index is -0.179. The Balaban J connectivity index is 1.63. The van der Waals surface area contributed by atoms with Gasteiger partial charge in [-0.1, -0.05) is 18.2 Å². The van der Waals surface area contributed by atoms with E-state index >= 15 is 0 Å². The first-order valence-electron chi connectivity index (χ1n) is 6.92. The summed E-state index contributed by atoms with van der Waals surface area (Å²) in [6, 6.07) is 8.00. The topological polar surface area (TPSA) is 50.4 Å². The number of hydrogen-bond donors (Lipinski definition) is 2. The summed E-state index contributed by atoms with van der Waals surface area (Å²) in [6.07, 6.45) is 2.10. The van der Waals surface area contributed by atoms with Crippen molar-refractivity contribution in [1.82, 2.24) is 5.32 Å². The smallest absolute Gasteiger partial charge is 0.229 e. The molecule has 19 heavy (non-hydrogen) atoms. The molecule has 1 aromatic rings. The maximum Gasteiger partial charge on any atom is 0.229 e. The molecular weight excluding hydrogens is 240 g/mol. The fourth-order valence-corrected chi connectivity index (χ4v) is 2.89. The Kier molecular flexibility index (Phi) is 3.19. The van der Waals surface area contributed by atoms with Crippen molar-refractivity contribution in [2.75, 3.05) is 25.0 Å². The summed E-state index contributed by atoms with van der Waals surface area (Å²) in [6.45, 7) is 4.16. The van der Waals surface area contributed by atoms with Gasteiger partial charge in [0.05, 0.1) is 11.5 Å². The van der Waals surface area contributed by atoms with Crippen LogP contribution in [0.3, 0.4) is 0 Å². The molecule has 2 N–H and O–H groups in total.